The number of para-hydroxylation sites is 1. The minimum Gasteiger partial charge on any atom is -0.444 e. The molecule has 0 spiro atoms. The van der Waals surface area contributed by atoms with Crippen molar-refractivity contribution in [3.63, 3.8) is 0 Å². The molecule has 1 aromatic heterocycles. The number of aliphatic imine (C=N–C) groups is 1. The van der Waals surface area contributed by atoms with Crippen LogP contribution in [-0.4, -0.2) is 23.1 Å². The van der Waals surface area contributed by atoms with Crippen molar-refractivity contribution in [2.24, 2.45) is 4.99 Å². The van der Waals surface area contributed by atoms with E-state index in [4.69, 9.17) is 14.3 Å². The molecular formula is C29H29N3O3. The number of aromatic nitrogens is 1. The van der Waals surface area contributed by atoms with Crippen molar-refractivity contribution in [3.05, 3.63) is 108 Å². The van der Waals surface area contributed by atoms with Crippen molar-refractivity contribution in [2.75, 3.05) is 5.32 Å². The second-order valence-corrected chi connectivity index (χ2v) is 9.18. The first-order valence-electron chi connectivity index (χ1n) is 11.5. The third-order valence-corrected chi connectivity index (χ3v) is 5.29. The van der Waals surface area contributed by atoms with E-state index < -0.39 is 11.7 Å². The van der Waals surface area contributed by atoms with Gasteiger partial charge in [0.2, 0.25) is 0 Å². The van der Waals surface area contributed by atoms with Gasteiger partial charge in [-0.1, -0.05) is 84.0 Å². The van der Waals surface area contributed by atoms with Gasteiger partial charge in [0, 0.05) is 5.56 Å². The molecule has 6 nitrogen and oxygen atoms in total. The highest BCUT2D eigenvalue weighted by atomic mass is 16.6. The highest BCUT2D eigenvalue weighted by Crippen LogP contribution is 2.34. The van der Waals surface area contributed by atoms with E-state index in [-0.39, 0.29) is 6.04 Å². The van der Waals surface area contributed by atoms with Crippen LogP contribution in [0.25, 0.3) is 11.1 Å². The van der Waals surface area contributed by atoms with Gasteiger partial charge in [0.1, 0.15) is 11.6 Å². The fourth-order valence-electron chi connectivity index (χ4n) is 3.80. The molecule has 0 aliphatic heterocycles. The quantitative estimate of drug-likeness (QED) is 0.304. The number of benzene rings is 3. The largest absolute Gasteiger partial charge is 0.444 e. The summed E-state index contributed by atoms with van der Waals surface area (Å²) in [5, 5.41) is 7.04. The van der Waals surface area contributed by atoms with Gasteiger partial charge in [-0.05, 0) is 44.9 Å². The van der Waals surface area contributed by atoms with Gasteiger partial charge in [0.25, 0.3) is 0 Å². The van der Waals surface area contributed by atoms with Crippen molar-refractivity contribution in [3.8, 4) is 11.1 Å². The first-order chi connectivity index (χ1) is 16.8. The van der Waals surface area contributed by atoms with Crippen molar-refractivity contribution in [2.45, 2.75) is 39.3 Å². The minimum atomic E-state index is -0.603. The molecule has 0 aliphatic rings. The molecule has 0 radical (unpaired) electrons. The van der Waals surface area contributed by atoms with E-state index in [1.54, 1.807) is 6.21 Å². The lowest BCUT2D eigenvalue weighted by Gasteiger charge is -2.20. The summed E-state index contributed by atoms with van der Waals surface area (Å²) in [6.45, 7) is 7.35. The average molecular weight is 468 g/mol. The van der Waals surface area contributed by atoms with Crippen LogP contribution in [-0.2, 0) is 4.74 Å². The zero-order valence-corrected chi connectivity index (χ0v) is 20.4. The van der Waals surface area contributed by atoms with Gasteiger partial charge >= 0.3 is 6.09 Å². The van der Waals surface area contributed by atoms with Gasteiger partial charge in [-0.2, -0.15) is 0 Å². The Morgan fingerprint density at radius 3 is 2.11 bits per heavy atom. The summed E-state index contributed by atoms with van der Waals surface area (Å²) in [5.41, 5.74) is 4.37. The Kier molecular flexibility index (Phi) is 7.11. The number of aryl methyl sites for hydroxylation is 1. The summed E-state index contributed by atoms with van der Waals surface area (Å²) in [7, 11) is 0. The molecule has 0 saturated heterocycles. The second-order valence-electron chi connectivity index (χ2n) is 9.18. The number of nitrogens with one attached hydrogen (secondary N) is 1. The minimum absolute atomic E-state index is 0.203. The van der Waals surface area contributed by atoms with Crippen LogP contribution in [0.2, 0.25) is 0 Å². The van der Waals surface area contributed by atoms with Gasteiger partial charge in [0.15, 0.2) is 5.76 Å². The smallest absolute Gasteiger partial charge is 0.412 e. The molecule has 0 saturated carbocycles. The normalized spacial score (nSPS) is 11.7. The predicted octanol–water partition coefficient (Wildman–Crippen LogP) is 7.21. The van der Waals surface area contributed by atoms with Crippen LogP contribution in [0.15, 0.2) is 94.4 Å². The zero-order valence-electron chi connectivity index (χ0n) is 20.4. The highest BCUT2D eigenvalue weighted by Gasteiger charge is 2.21. The summed E-state index contributed by atoms with van der Waals surface area (Å²) >= 11 is 0. The molecule has 0 unspecified atom stereocenters. The third-order valence-electron chi connectivity index (χ3n) is 5.29. The molecule has 0 atom stereocenters. The van der Waals surface area contributed by atoms with Crippen LogP contribution >= 0.6 is 0 Å². The molecule has 1 heterocycles. The number of hydrogen-bond acceptors (Lipinski definition) is 5. The molecule has 3 aromatic carbocycles. The lowest BCUT2D eigenvalue weighted by molar-refractivity contribution is 0.0636. The maximum atomic E-state index is 12.4. The topological polar surface area (TPSA) is 76.7 Å². The van der Waals surface area contributed by atoms with Crippen LogP contribution in [0.5, 0.6) is 0 Å². The summed E-state index contributed by atoms with van der Waals surface area (Å²) in [5.74, 6) is 0.512. The van der Waals surface area contributed by atoms with E-state index in [1.165, 1.54) is 0 Å². The van der Waals surface area contributed by atoms with Gasteiger partial charge in [-0.25, -0.2) is 4.79 Å². The van der Waals surface area contributed by atoms with E-state index >= 15 is 0 Å². The van der Waals surface area contributed by atoms with Crippen LogP contribution in [0.3, 0.4) is 0 Å². The molecule has 178 valence electrons. The first kappa shape index (κ1) is 24.0. The first-order valence-corrected chi connectivity index (χ1v) is 11.5. The SMILES string of the molecule is Cc1noc(C=NC(c2ccccc2)c2ccccc2)c1-c1ccccc1NC(=O)OC(C)(C)C. The van der Waals surface area contributed by atoms with E-state index in [9.17, 15) is 4.79 Å². The van der Waals surface area contributed by atoms with Gasteiger partial charge in [-0.3, -0.25) is 10.3 Å². The van der Waals surface area contributed by atoms with Crippen LogP contribution in [0.1, 0.15) is 49.4 Å². The fourth-order valence-corrected chi connectivity index (χ4v) is 3.80. The van der Waals surface area contributed by atoms with E-state index in [1.807, 2.05) is 88.4 Å². The second kappa shape index (κ2) is 10.4. The number of anilines is 1. The molecule has 0 bridgehead atoms. The maximum absolute atomic E-state index is 12.4. The molecule has 1 N–H and O–H groups in total. The van der Waals surface area contributed by atoms with Gasteiger partial charge < -0.3 is 9.26 Å². The predicted molar refractivity (Wildman–Crippen MR) is 139 cm³/mol. The van der Waals surface area contributed by atoms with Crippen LogP contribution in [0.4, 0.5) is 10.5 Å². The van der Waals surface area contributed by atoms with E-state index in [0.29, 0.717) is 17.1 Å². The Hall–Kier alpha value is -4.19. The standard InChI is InChI=1S/C29H29N3O3/c1-20-26(23-17-11-12-18-24(23)31-28(33)34-29(2,3)4)25(35-32-20)19-30-27(21-13-7-5-8-14-21)22-15-9-6-10-16-22/h5-19,27H,1-4H3,(H,31,33). The number of carbonyl (C=O) groups is 1. The summed E-state index contributed by atoms with van der Waals surface area (Å²) in [6.07, 6.45) is 1.19. The number of amides is 1. The monoisotopic (exact) mass is 467 g/mol. The molecule has 35 heavy (non-hydrogen) atoms. The van der Waals surface area contributed by atoms with Gasteiger partial charge in [-0.15, -0.1) is 0 Å². The highest BCUT2D eigenvalue weighted by molar-refractivity contribution is 5.96. The van der Waals surface area contributed by atoms with Crippen molar-refractivity contribution < 1.29 is 14.1 Å². The molecule has 0 aliphatic carbocycles. The van der Waals surface area contributed by atoms with Crippen LogP contribution in [0, 0.1) is 6.92 Å². The van der Waals surface area contributed by atoms with Crippen molar-refractivity contribution in [1.29, 1.82) is 0 Å². The Morgan fingerprint density at radius 1 is 0.943 bits per heavy atom. The molecule has 0 fully saturated rings. The number of nitrogens with zero attached hydrogens (tertiary/aromatic N) is 2. The average Bonchev–Trinajstić information content (AvgIpc) is 3.20. The summed E-state index contributed by atoms with van der Waals surface area (Å²) in [4.78, 5) is 17.4. The van der Waals surface area contributed by atoms with E-state index in [2.05, 4.69) is 34.7 Å². The number of rotatable bonds is 6. The maximum Gasteiger partial charge on any atom is 0.412 e. The molecule has 1 amide bonds. The number of ether oxygens (including phenoxy) is 1. The molecule has 6 heteroatoms. The lowest BCUT2D eigenvalue weighted by atomic mass is 9.99. The Bertz CT molecular complexity index is 1270. The number of hydrogen-bond donors (Lipinski definition) is 1. The van der Waals surface area contributed by atoms with Gasteiger partial charge in [0.05, 0.1) is 23.2 Å². The molecule has 4 aromatic rings. The Labute approximate surface area is 205 Å². The third kappa shape index (κ3) is 6.03. The molecule has 4 rings (SSSR count). The number of carbonyl (C=O) groups excluding carboxylic acids is 1. The van der Waals surface area contributed by atoms with Crippen LogP contribution < -0.4 is 5.32 Å². The molecular weight excluding hydrogens is 438 g/mol. The summed E-state index contributed by atoms with van der Waals surface area (Å²) in [6, 6.07) is 27.5. The van der Waals surface area contributed by atoms with Crippen molar-refractivity contribution >= 4 is 18.0 Å². The Balaban J connectivity index is 1.70. The Morgan fingerprint density at radius 2 is 1.51 bits per heavy atom. The van der Waals surface area contributed by atoms with Crippen molar-refractivity contribution in [1.82, 2.24) is 5.16 Å². The zero-order chi connectivity index (χ0) is 24.8. The van der Waals surface area contributed by atoms with E-state index in [0.717, 1.165) is 22.3 Å². The fraction of sp³-hybridized carbons (Fsp3) is 0.207. The summed E-state index contributed by atoms with van der Waals surface area (Å²) < 4.78 is 11.1. The lowest BCUT2D eigenvalue weighted by Crippen LogP contribution is -2.27.